The zero-order valence-corrected chi connectivity index (χ0v) is 16.6. The Bertz CT molecular complexity index is 863. The van der Waals surface area contributed by atoms with Gasteiger partial charge in [-0.1, -0.05) is 0 Å². The standard InChI is InChI=1S/C20H29N5O2/c1-11-16(12(2)21-19-18(11)20(27-4)24-25(19)3)7-8-17(26)23-15-9-13-5-6-14(10-15)22-13/h13-15,22H,5-10H2,1-4H3,(H,23,26). The van der Waals surface area contributed by atoms with E-state index in [1.807, 2.05) is 14.0 Å². The lowest BCUT2D eigenvalue weighted by atomic mass is 9.98. The highest BCUT2D eigenvalue weighted by Crippen LogP contribution is 2.30. The SMILES string of the molecule is COc1nn(C)c2nc(C)c(CCC(=O)NC3CC4CCC(C3)N4)c(C)c12. The van der Waals surface area contributed by atoms with Crippen molar-refractivity contribution in [2.75, 3.05) is 7.11 Å². The Hall–Kier alpha value is -2.15. The van der Waals surface area contributed by atoms with Gasteiger partial charge in [-0.2, -0.15) is 0 Å². The van der Waals surface area contributed by atoms with E-state index >= 15 is 0 Å². The molecule has 0 saturated carbocycles. The fourth-order valence-electron chi connectivity index (χ4n) is 4.82. The van der Waals surface area contributed by atoms with Crippen LogP contribution in [0.15, 0.2) is 0 Å². The zero-order chi connectivity index (χ0) is 19.1. The summed E-state index contributed by atoms with van der Waals surface area (Å²) in [4.78, 5) is 17.2. The summed E-state index contributed by atoms with van der Waals surface area (Å²) < 4.78 is 7.17. The van der Waals surface area contributed by atoms with Crippen molar-refractivity contribution in [3.8, 4) is 5.88 Å². The van der Waals surface area contributed by atoms with Crippen LogP contribution in [0.5, 0.6) is 5.88 Å². The van der Waals surface area contributed by atoms with Crippen molar-refractivity contribution in [2.45, 2.75) is 70.5 Å². The minimum atomic E-state index is 0.137. The number of rotatable bonds is 5. The van der Waals surface area contributed by atoms with Crippen LogP contribution < -0.4 is 15.4 Å². The highest BCUT2D eigenvalue weighted by atomic mass is 16.5. The molecule has 4 rings (SSSR count). The molecule has 146 valence electrons. The number of nitrogens with one attached hydrogen (secondary N) is 2. The van der Waals surface area contributed by atoms with Gasteiger partial charge in [-0.05, 0) is 57.1 Å². The van der Waals surface area contributed by atoms with Gasteiger partial charge < -0.3 is 15.4 Å². The number of ether oxygens (including phenoxy) is 1. The molecule has 0 radical (unpaired) electrons. The van der Waals surface area contributed by atoms with Crippen LogP contribution in [0.25, 0.3) is 11.0 Å². The zero-order valence-electron chi connectivity index (χ0n) is 16.6. The summed E-state index contributed by atoms with van der Waals surface area (Å²) in [6, 6.07) is 1.49. The summed E-state index contributed by atoms with van der Waals surface area (Å²) in [5, 5.41) is 12.2. The fraction of sp³-hybridized carbons (Fsp3) is 0.650. The predicted octanol–water partition coefficient (Wildman–Crippen LogP) is 1.93. The summed E-state index contributed by atoms with van der Waals surface area (Å²) in [7, 11) is 3.50. The second-order valence-electron chi connectivity index (χ2n) is 8.01. The molecule has 2 bridgehead atoms. The number of piperidine rings is 1. The molecule has 2 atom stereocenters. The average Bonchev–Trinajstić information content (AvgIpc) is 3.13. The van der Waals surface area contributed by atoms with Crippen molar-refractivity contribution >= 4 is 16.9 Å². The summed E-state index contributed by atoms with van der Waals surface area (Å²) in [6.45, 7) is 4.07. The van der Waals surface area contributed by atoms with Crippen molar-refractivity contribution in [1.82, 2.24) is 25.4 Å². The van der Waals surface area contributed by atoms with Gasteiger partial charge in [0.05, 0.1) is 12.5 Å². The first kappa shape index (κ1) is 18.2. The lowest BCUT2D eigenvalue weighted by molar-refractivity contribution is -0.122. The molecule has 2 saturated heterocycles. The molecule has 27 heavy (non-hydrogen) atoms. The molecular weight excluding hydrogens is 342 g/mol. The summed E-state index contributed by atoms with van der Waals surface area (Å²) in [5.41, 5.74) is 4.00. The first-order valence-corrected chi connectivity index (χ1v) is 9.88. The number of hydrogen-bond acceptors (Lipinski definition) is 5. The number of hydrogen-bond donors (Lipinski definition) is 2. The number of carbonyl (C=O) groups excluding carboxylic acids is 1. The monoisotopic (exact) mass is 371 g/mol. The number of amides is 1. The molecule has 2 unspecified atom stereocenters. The van der Waals surface area contributed by atoms with Crippen LogP contribution in [0.1, 0.15) is 48.9 Å². The van der Waals surface area contributed by atoms with Crippen molar-refractivity contribution in [2.24, 2.45) is 7.05 Å². The van der Waals surface area contributed by atoms with Crippen LogP contribution in [0.3, 0.4) is 0 Å². The molecule has 2 aliphatic rings. The molecular formula is C20H29N5O2. The molecule has 1 amide bonds. The van der Waals surface area contributed by atoms with Crippen LogP contribution in [0.2, 0.25) is 0 Å². The maximum atomic E-state index is 12.5. The van der Waals surface area contributed by atoms with Gasteiger partial charge in [-0.15, -0.1) is 5.10 Å². The van der Waals surface area contributed by atoms with Crippen LogP contribution >= 0.6 is 0 Å². The first-order chi connectivity index (χ1) is 13.0. The largest absolute Gasteiger partial charge is 0.479 e. The van der Waals surface area contributed by atoms with E-state index in [4.69, 9.17) is 9.72 Å². The maximum Gasteiger partial charge on any atom is 0.242 e. The van der Waals surface area contributed by atoms with Gasteiger partial charge in [0.25, 0.3) is 0 Å². The molecule has 0 aliphatic carbocycles. The number of carbonyl (C=O) groups is 1. The van der Waals surface area contributed by atoms with Crippen LogP contribution in [0, 0.1) is 13.8 Å². The third-order valence-corrected chi connectivity index (χ3v) is 6.16. The Balaban J connectivity index is 1.46. The third-order valence-electron chi connectivity index (χ3n) is 6.16. The topological polar surface area (TPSA) is 81.1 Å². The first-order valence-electron chi connectivity index (χ1n) is 9.88. The van der Waals surface area contributed by atoms with Gasteiger partial charge in [0.1, 0.15) is 0 Å². The van der Waals surface area contributed by atoms with Gasteiger partial charge in [0.15, 0.2) is 5.65 Å². The van der Waals surface area contributed by atoms with Crippen molar-refractivity contribution in [1.29, 1.82) is 0 Å². The molecule has 2 N–H and O–H groups in total. The Kier molecular flexibility index (Phi) is 4.80. The molecule has 2 aliphatic heterocycles. The highest BCUT2D eigenvalue weighted by Gasteiger charge is 2.33. The Morgan fingerprint density at radius 2 is 2.00 bits per heavy atom. The lowest BCUT2D eigenvalue weighted by Gasteiger charge is -2.29. The molecule has 2 fully saturated rings. The normalized spacial score (nSPS) is 24.4. The number of aromatic nitrogens is 3. The van der Waals surface area contributed by atoms with Crippen LogP contribution in [-0.2, 0) is 18.3 Å². The number of methoxy groups -OCH3 is 1. The third kappa shape index (κ3) is 3.40. The van der Waals surface area contributed by atoms with Gasteiger partial charge in [-0.25, -0.2) is 9.67 Å². The van der Waals surface area contributed by atoms with E-state index in [0.717, 1.165) is 40.7 Å². The van der Waals surface area contributed by atoms with Crippen LogP contribution in [-0.4, -0.2) is 45.9 Å². The number of fused-ring (bicyclic) bond motifs is 3. The van der Waals surface area contributed by atoms with Crippen molar-refractivity contribution in [3.05, 3.63) is 16.8 Å². The predicted molar refractivity (Wildman–Crippen MR) is 104 cm³/mol. The molecule has 2 aromatic rings. The molecule has 7 nitrogen and oxygen atoms in total. The van der Waals surface area contributed by atoms with E-state index in [2.05, 4.69) is 22.7 Å². The summed E-state index contributed by atoms with van der Waals surface area (Å²) >= 11 is 0. The second-order valence-corrected chi connectivity index (χ2v) is 8.01. The highest BCUT2D eigenvalue weighted by molar-refractivity contribution is 5.86. The van der Waals surface area contributed by atoms with E-state index in [-0.39, 0.29) is 5.91 Å². The minimum Gasteiger partial charge on any atom is -0.479 e. The molecule has 4 heterocycles. The van der Waals surface area contributed by atoms with Crippen LogP contribution in [0.4, 0.5) is 0 Å². The maximum absolute atomic E-state index is 12.5. The van der Waals surface area contributed by atoms with Crippen molar-refractivity contribution in [3.63, 3.8) is 0 Å². The van der Waals surface area contributed by atoms with Crippen molar-refractivity contribution < 1.29 is 9.53 Å². The van der Waals surface area contributed by atoms with E-state index in [9.17, 15) is 4.79 Å². The van der Waals surface area contributed by atoms with E-state index < -0.39 is 0 Å². The van der Waals surface area contributed by atoms with E-state index in [1.165, 1.54) is 12.8 Å². The van der Waals surface area contributed by atoms with Gasteiger partial charge in [0, 0.05) is 37.3 Å². The molecule has 0 spiro atoms. The Morgan fingerprint density at radius 1 is 1.30 bits per heavy atom. The van der Waals surface area contributed by atoms with E-state index in [1.54, 1.807) is 11.8 Å². The minimum absolute atomic E-state index is 0.137. The fourth-order valence-corrected chi connectivity index (χ4v) is 4.82. The Morgan fingerprint density at radius 3 is 2.67 bits per heavy atom. The Labute approximate surface area is 159 Å². The average molecular weight is 371 g/mol. The molecule has 0 aromatic carbocycles. The van der Waals surface area contributed by atoms with Gasteiger partial charge in [-0.3, -0.25) is 4.79 Å². The molecule has 7 heteroatoms. The van der Waals surface area contributed by atoms with Gasteiger partial charge in [0.2, 0.25) is 11.8 Å². The number of nitrogens with zero attached hydrogens (tertiary/aromatic N) is 3. The second kappa shape index (κ2) is 7.11. The quantitative estimate of drug-likeness (QED) is 0.839. The summed E-state index contributed by atoms with van der Waals surface area (Å²) in [5.74, 6) is 0.728. The number of aryl methyl sites for hydroxylation is 3. The lowest BCUT2D eigenvalue weighted by Crippen LogP contribution is -2.48. The van der Waals surface area contributed by atoms with Gasteiger partial charge >= 0.3 is 0 Å². The summed E-state index contributed by atoms with van der Waals surface area (Å²) in [6.07, 6.45) is 5.77. The number of pyridine rings is 1. The smallest absolute Gasteiger partial charge is 0.242 e. The molecule has 2 aromatic heterocycles. The van der Waals surface area contributed by atoms with E-state index in [0.29, 0.717) is 36.8 Å².